The molecular formula is C24H23ClN2O5S. The normalized spacial score (nSPS) is 12.2. The van der Waals surface area contributed by atoms with Gasteiger partial charge in [0.1, 0.15) is 6.04 Å². The molecule has 7 nitrogen and oxygen atoms in total. The molecule has 9 heteroatoms. The molecule has 3 aromatic carbocycles. The number of hydrogen-bond donors (Lipinski definition) is 3. The molecule has 1 atom stereocenters. The van der Waals surface area contributed by atoms with Crippen molar-refractivity contribution in [3.8, 4) is 0 Å². The highest BCUT2D eigenvalue weighted by Gasteiger charge is 2.26. The number of aliphatic carboxylic acids is 1. The average Bonchev–Trinajstić information content (AvgIpc) is 2.79. The molecule has 0 aromatic heterocycles. The number of halogens is 1. The largest absolute Gasteiger partial charge is 0.481 e. The standard InChI is InChI=1S/C24H23ClN2O5S/c25-19-9-13-21(14-10-19)33(31,32)27-22(16-18-4-2-1-3-5-18)24(30)26-20-11-6-17(7-12-20)8-15-23(28)29/h1-7,9-14,22,27H,8,15-16H2,(H,26,30)(H,28,29)/t22-/m0/s1. The molecule has 0 saturated carbocycles. The molecule has 0 heterocycles. The number of rotatable bonds is 10. The predicted molar refractivity (Wildman–Crippen MR) is 127 cm³/mol. The van der Waals surface area contributed by atoms with E-state index in [0.717, 1.165) is 11.1 Å². The molecule has 3 rings (SSSR count). The van der Waals surface area contributed by atoms with E-state index >= 15 is 0 Å². The Kier molecular flexibility index (Phi) is 8.21. The van der Waals surface area contributed by atoms with Crippen molar-refractivity contribution in [1.29, 1.82) is 0 Å². The van der Waals surface area contributed by atoms with Crippen LogP contribution in [0.5, 0.6) is 0 Å². The molecule has 3 aromatic rings. The van der Waals surface area contributed by atoms with E-state index in [0.29, 0.717) is 17.1 Å². The van der Waals surface area contributed by atoms with E-state index in [1.165, 1.54) is 24.3 Å². The van der Waals surface area contributed by atoms with Crippen LogP contribution in [-0.4, -0.2) is 31.4 Å². The molecule has 0 saturated heterocycles. The smallest absolute Gasteiger partial charge is 0.303 e. The fourth-order valence-electron chi connectivity index (χ4n) is 3.14. The number of hydrogen-bond acceptors (Lipinski definition) is 4. The molecule has 0 aliphatic heterocycles. The Morgan fingerprint density at radius 2 is 1.52 bits per heavy atom. The molecule has 172 valence electrons. The first-order valence-corrected chi connectivity index (χ1v) is 12.0. The first kappa shape index (κ1) is 24.4. The van der Waals surface area contributed by atoms with Crippen LogP contribution in [-0.2, 0) is 32.5 Å². The first-order chi connectivity index (χ1) is 15.7. The summed E-state index contributed by atoms with van der Waals surface area (Å²) in [6.45, 7) is 0. The van der Waals surface area contributed by atoms with Crippen molar-refractivity contribution in [3.05, 3.63) is 95.0 Å². The Morgan fingerprint density at radius 1 is 0.879 bits per heavy atom. The number of nitrogens with one attached hydrogen (secondary N) is 2. The van der Waals surface area contributed by atoms with E-state index in [9.17, 15) is 18.0 Å². The zero-order chi connectivity index (χ0) is 23.8. The van der Waals surface area contributed by atoms with Crippen LogP contribution in [0.1, 0.15) is 17.5 Å². The Labute approximate surface area is 197 Å². The van der Waals surface area contributed by atoms with Crippen LogP contribution in [0.2, 0.25) is 5.02 Å². The van der Waals surface area contributed by atoms with Crippen molar-refractivity contribution >= 4 is 39.2 Å². The van der Waals surface area contributed by atoms with Crippen molar-refractivity contribution in [2.45, 2.75) is 30.2 Å². The van der Waals surface area contributed by atoms with Crippen molar-refractivity contribution in [1.82, 2.24) is 4.72 Å². The van der Waals surface area contributed by atoms with E-state index in [4.69, 9.17) is 16.7 Å². The second-order valence-corrected chi connectivity index (χ2v) is 9.55. The summed E-state index contributed by atoms with van der Waals surface area (Å²) in [5, 5.41) is 11.9. The van der Waals surface area contributed by atoms with Crippen molar-refractivity contribution in [2.24, 2.45) is 0 Å². The molecule has 1 amide bonds. The molecule has 0 bridgehead atoms. The number of carboxylic acid groups (broad SMARTS) is 1. The van der Waals surface area contributed by atoms with E-state index in [2.05, 4.69) is 10.0 Å². The first-order valence-electron chi connectivity index (χ1n) is 10.2. The minimum Gasteiger partial charge on any atom is -0.481 e. The number of sulfonamides is 1. The topological polar surface area (TPSA) is 113 Å². The Balaban J connectivity index is 1.77. The zero-order valence-electron chi connectivity index (χ0n) is 17.6. The third kappa shape index (κ3) is 7.42. The van der Waals surface area contributed by atoms with Crippen LogP contribution < -0.4 is 10.0 Å². The molecule has 0 unspecified atom stereocenters. The molecule has 33 heavy (non-hydrogen) atoms. The lowest BCUT2D eigenvalue weighted by Gasteiger charge is -2.19. The van der Waals surface area contributed by atoms with Crippen molar-refractivity contribution in [2.75, 3.05) is 5.32 Å². The van der Waals surface area contributed by atoms with Crippen LogP contribution in [0.25, 0.3) is 0 Å². The average molecular weight is 487 g/mol. The number of carbonyl (C=O) groups is 2. The number of carboxylic acids is 1. The molecule has 3 N–H and O–H groups in total. The lowest BCUT2D eigenvalue weighted by Crippen LogP contribution is -2.45. The van der Waals surface area contributed by atoms with Gasteiger partial charge in [0.05, 0.1) is 4.90 Å². The number of amides is 1. The second kappa shape index (κ2) is 11.1. The summed E-state index contributed by atoms with van der Waals surface area (Å²) in [7, 11) is -3.98. The fourth-order valence-corrected chi connectivity index (χ4v) is 4.46. The van der Waals surface area contributed by atoms with Gasteiger partial charge in [0, 0.05) is 17.1 Å². The Morgan fingerprint density at radius 3 is 2.12 bits per heavy atom. The number of carbonyl (C=O) groups excluding carboxylic acids is 1. The number of anilines is 1. The van der Waals surface area contributed by atoms with E-state index in [1.54, 1.807) is 24.3 Å². The minimum absolute atomic E-state index is 0.000505. The highest BCUT2D eigenvalue weighted by atomic mass is 35.5. The lowest BCUT2D eigenvalue weighted by molar-refractivity contribution is -0.137. The van der Waals surface area contributed by atoms with Crippen LogP contribution >= 0.6 is 11.6 Å². The monoisotopic (exact) mass is 486 g/mol. The quantitative estimate of drug-likeness (QED) is 0.402. The number of aryl methyl sites for hydroxylation is 1. The van der Waals surface area contributed by atoms with Crippen LogP contribution in [0.3, 0.4) is 0 Å². The Hall–Kier alpha value is -3.20. The van der Waals surface area contributed by atoms with Gasteiger partial charge >= 0.3 is 5.97 Å². The third-order valence-electron chi connectivity index (χ3n) is 4.87. The molecule has 0 aliphatic rings. The summed E-state index contributed by atoms with van der Waals surface area (Å²) in [6.07, 6.45) is 0.536. The summed E-state index contributed by atoms with van der Waals surface area (Å²) >= 11 is 5.85. The SMILES string of the molecule is O=C(O)CCc1ccc(NC(=O)[C@H](Cc2ccccc2)NS(=O)(=O)c2ccc(Cl)cc2)cc1. The van der Waals surface area contributed by atoms with Gasteiger partial charge in [-0.3, -0.25) is 9.59 Å². The van der Waals surface area contributed by atoms with Gasteiger partial charge in [-0.1, -0.05) is 54.1 Å². The van der Waals surface area contributed by atoms with Gasteiger partial charge in [0.2, 0.25) is 15.9 Å². The van der Waals surface area contributed by atoms with Gasteiger partial charge in [0.15, 0.2) is 0 Å². The van der Waals surface area contributed by atoms with Crippen LogP contribution in [0, 0.1) is 0 Å². The van der Waals surface area contributed by atoms with Gasteiger partial charge in [-0.15, -0.1) is 0 Å². The maximum Gasteiger partial charge on any atom is 0.303 e. The Bertz CT molecular complexity index is 1200. The molecule has 0 fully saturated rings. The van der Waals surface area contributed by atoms with Gasteiger partial charge in [-0.25, -0.2) is 8.42 Å². The highest BCUT2D eigenvalue weighted by Crippen LogP contribution is 2.17. The summed E-state index contributed by atoms with van der Waals surface area (Å²) in [6, 6.07) is 20.5. The van der Waals surface area contributed by atoms with E-state index < -0.39 is 27.9 Å². The van der Waals surface area contributed by atoms with Crippen LogP contribution in [0.4, 0.5) is 5.69 Å². The summed E-state index contributed by atoms with van der Waals surface area (Å²) in [4.78, 5) is 23.8. The van der Waals surface area contributed by atoms with E-state index in [-0.39, 0.29) is 17.7 Å². The van der Waals surface area contributed by atoms with Crippen molar-refractivity contribution < 1.29 is 23.1 Å². The van der Waals surface area contributed by atoms with Gasteiger partial charge < -0.3 is 10.4 Å². The molecular weight excluding hydrogens is 464 g/mol. The molecule has 0 aliphatic carbocycles. The summed E-state index contributed by atoms with van der Waals surface area (Å²) in [5.74, 6) is -1.40. The van der Waals surface area contributed by atoms with Gasteiger partial charge in [0.25, 0.3) is 0 Å². The molecule has 0 spiro atoms. The van der Waals surface area contributed by atoms with Crippen LogP contribution in [0.15, 0.2) is 83.8 Å². The maximum absolute atomic E-state index is 13.0. The van der Waals surface area contributed by atoms with E-state index in [1.807, 2.05) is 30.3 Å². The maximum atomic E-state index is 13.0. The zero-order valence-corrected chi connectivity index (χ0v) is 19.1. The molecule has 0 radical (unpaired) electrons. The summed E-state index contributed by atoms with van der Waals surface area (Å²) < 4.78 is 28.3. The third-order valence-corrected chi connectivity index (χ3v) is 6.61. The minimum atomic E-state index is -3.98. The van der Waals surface area contributed by atoms with Gasteiger partial charge in [-0.2, -0.15) is 4.72 Å². The number of benzene rings is 3. The predicted octanol–water partition coefficient (Wildman–Crippen LogP) is 3.89. The second-order valence-electron chi connectivity index (χ2n) is 7.40. The fraction of sp³-hybridized carbons (Fsp3) is 0.167. The van der Waals surface area contributed by atoms with Gasteiger partial charge in [-0.05, 0) is 60.4 Å². The summed E-state index contributed by atoms with van der Waals surface area (Å²) in [5.41, 5.74) is 2.09. The lowest BCUT2D eigenvalue weighted by atomic mass is 10.1. The van der Waals surface area contributed by atoms with Crippen molar-refractivity contribution in [3.63, 3.8) is 0 Å². The highest BCUT2D eigenvalue weighted by molar-refractivity contribution is 7.89.